The van der Waals surface area contributed by atoms with Gasteiger partial charge >= 0.3 is 5.97 Å². The fraction of sp³-hybridized carbons (Fsp3) is 0.929. The predicted octanol–water partition coefficient (Wildman–Crippen LogP) is 1.66. The van der Waals surface area contributed by atoms with Crippen molar-refractivity contribution in [2.75, 3.05) is 39.3 Å². The highest BCUT2D eigenvalue weighted by atomic mass is 16.4. The molecule has 2 heterocycles. The molecule has 0 saturated carbocycles. The molecule has 2 aliphatic heterocycles. The highest BCUT2D eigenvalue weighted by Gasteiger charge is 2.40. The largest absolute Gasteiger partial charge is 0.481 e. The molecule has 2 fully saturated rings. The van der Waals surface area contributed by atoms with Crippen LogP contribution in [-0.4, -0.2) is 60.1 Å². The van der Waals surface area contributed by atoms with Crippen LogP contribution in [0.1, 0.15) is 39.0 Å². The monoisotopic (exact) mass is 254 g/mol. The molecule has 1 N–H and O–H groups in total. The Balaban J connectivity index is 1.83. The number of piperidine rings is 1. The molecule has 2 rings (SSSR count). The second-order valence-corrected chi connectivity index (χ2v) is 5.87. The molecule has 2 saturated heterocycles. The molecule has 2 aliphatic rings. The number of carboxylic acids is 1. The average molecular weight is 254 g/mol. The lowest BCUT2D eigenvalue weighted by atomic mass is 9.77. The number of likely N-dealkylation sites (tertiary alicyclic amines) is 2. The smallest absolute Gasteiger partial charge is 0.310 e. The van der Waals surface area contributed by atoms with Gasteiger partial charge < -0.3 is 14.9 Å². The Bertz CT molecular complexity index is 290. The predicted molar refractivity (Wildman–Crippen MR) is 71.7 cm³/mol. The highest BCUT2D eigenvalue weighted by Crippen LogP contribution is 2.33. The standard InChI is InChI=1S/C14H26N2O2/c1-2-14(13(17)18)6-5-9-16(12-14)11-10-15-7-3-4-8-15/h2-12H2,1H3,(H,17,18). The van der Waals surface area contributed by atoms with Crippen LogP contribution in [0.3, 0.4) is 0 Å². The van der Waals surface area contributed by atoms with Gasteiger partial charge in [0, 0.05) is 19.6 Å². The van der Waals surface area contributed by atoms with Gasteiger partial charge in [-0.05, 0) is 51.7 Å². The molecule has 0 amide bonds. The minimum Gasteiger partial charge on any atom is -0.481 e. The van der Waals surface area contributed by atoms with Crippen LogP contribution in [0.25, 0.3) is 0 Å². The summed E-state index contributed by atoms with van der Waals surface area (Å²) in [5.74, 6) is -0.601. The zero-order valence-corrected chi connectivity index (χ0v) is 11.5. The fourth-order valence-electron chi connectivity index (χ4n) is 3.32. The van der Waals surface area contributed by atoms with Crippen LogP contribution >= 0.6 is 0 Å². The van der Waals surface area contributed by atoms with Crippen molar-refractivity contribution >= 4 is 5.97 Å². The van der Waals surface area contributed by atoms with Crippen molar-refractivity contribution in [1.29, 1.82) is 0 Å². The lowest BCUT2D eigenvalue weighted by Gasteiger charge is -2.39. The van der Waals surface area contributed by atoms with Crippen molar-refractivity contribution < 1.29 is 9.90 Å². The first-order valence-corrected chi connectivity index (χ1v) is 7.34. The van der Waals surface area contributed by atoms with Crippen LogP contribution in [0.15, 0.2) is 0 Å². The maximum absolute atomic E-state index is 11.5. The Labute approximate surface area is 110 Å². The van der Waals surface area contributed by atoms with Gasteiger partial charge in [-0.1, -0.05) is 6.92 Å². The number of carbonyl (C=O) groups is 1. The van der Waals surface area contributed by atoms with Crippen molar-refractivity contribution in [3.05, 3.63) is 0 Å². The van der Waals surface area contributed by atoms with Gasteiger partial charge in [-0.15, -0.1) is 0 Å². The lowest BCUT2D eigenvalue weighted by Crippen LogP contribution is -2.49. The number of hydrogen-bond acceptors (Lipinski definition) is 3. The number of hydrogen-bond donors (Lipinski definition) is 1. The van der Waals surface area contributed by atoms with Crippen LogP contribution in [-0.2, 0) is 4.79 Å². The van der Waals surface area contributed by atoms with Crippen molar-refractivity contribution in [2.24, 2.45) is 5.41 Å². The molecule has 4 heteroatoms. The first-order valence-electron chi connectivity index (χ1n) is 7.34. The number of carboxylic acid groups (broad SMARTS) is 1. The van der Waals surface area contributed by atoms with E-state index in [9.17, 15) is 9.90 Å². The SMILES string of the molecule is CCC1(C(=O)O)CCCN(CCN2CCCC2)C1. The van der Waals surface area contributed by atoms with Crippen LogP contribution in [0.5, 0.6) is 0 Å². The Morgan fingerprint density at radius 1 is 1.11 bits per heavy atom. The van der Waals surface area contributed by atoms with E-state index in [0.717, 1.165) is 45.4 Å². The summed E-state index contributed by atoms with van der Waals surface area (Å²) < 4.78 is 0. The minimum atomic E-state index is -0.601. The third-order valence-corrected chi connectivity index (χ3v) is 4.72. The molecule has 0 aromatic carbocycles. The molecular formula is C14H26N2O2. The topological polar surface area (TPSA) is 43.8 Å². The van der Waals surface area contributed by atoms with Gasteiger partial charge in [0.1, 0.15) is 0 Å². The van der Waals surface area contributed by atoms with E-state index < -0.39 is 11.4 Å². The molecule has 0 aromatic rings. The zero-order valence-electron chi connectivity index (χ0n) is 11.5. The maximum atomic E-state index is 11.5. The number of aliphatic carboxylic acids is 1. The molecule has 0 aromatic heterocycles. The molecule has 1 unspecified atom stereocenters. The summed E-state index contributed by atoms with van der Waals surface area (Å²) in [4.78, 5) is 16.3. The molecule has 0 bridgehead atoms. The van der Waals surface area contributed by atoms with Gasteiger partial charge in [0.25, 0.3) is 0 Å². The van der Waals surface area contributed by atoms with Crippen LogP contribution < -0.4 is 0 Å². The van der Waals surface area contributed by atoms with Gasteiger partial charge in [0.2, 0.25) is 0 Å². The molecule has 0 radical (unpaired) electrons. The third-order valence-electron chi connectivity index (χ3n) is 4.72. The van der Waals surface area contributed by atoms with E-state index in [-0.39, 0.29) is 0 Å². The quantitative estimate of drug-likeness (QED) is 0.810. The van der Waals surface area contributed by atoms with Gasteiger partial charge in [-0.3, -0.25) is 4.79 Å². The molecule has 18 heavy (non-hydrogen) atoms. The van der Waals surface area contributed by atoms with Gasteiger partial charge in [0.05, 0.1) is 5.41 Å². The molecule has 0 aliphatic carbocycles. The maximum Gasteiger partial charge on any atom is 0.310 e. The van der Waals surface area contributed by atoms with E-state index in [1.165, 1.54) is 25.9 Å². The number of rotatable bonds is 5. The van der Waals surface area contributed by atoms with E-state index in [1.54, 1.807) is 0 Å². The second-order valence-electron chi connectivity index (χ2n) is 5.87. The second kappa shape index (κ2) is 6.02. The van der Waals surface area contributed by atoms with E-state index in [4.69, 9.17) is 0 Å². The van der Waals surface area contributed by atoms with Crippen molar-refractivity contribution in [2.45, 2.75) is 39.0 Å². The van der Waals surface area contributed by atoms with Gasteiger partial charge in [-0.25, -0.2) is 0 Å². The van der Waals surface area contributed by atoms with Crippen LogP contribution in [0, 0.1) is 5.41 Å². The van der Waals surface area contributed by atoms with Crippen molar-refractivity contribution in [1.82, 2.24) is 9.80 Å². The first-order chi connectivity index (χ1) is 8.66. The van der Waals surface area contributed by atoms with Gasteiger partial charge in [-0.2, -0.15) is 0 Å². The normalized spacial score (nSPS) is 30.7. The minimum absolute atomic E-state index is 0.483. The lowest BCUT2D eigenvalue weighted by molar-refractivity contribution is -0.153. The highest BCUT2D eigenvalue weighted by molar-refractivity contribution is 5.75. The summed E-state index contributed by atoms with van der Waals surface area (Å²) in [5.41, 5.74) is -0.483. The third kappa shape index (κ3) is 3.04. The Hall–Kier alpha value is -0.610. The van der Waals surface area contributed by atoms with E-state index in [2.05, 4.69) is 9.80 Å². The Morgan fingerprint density at radius 3 is 2.33 bits per heavy atom. The summed E-state index contributed by atoms with van der Waals surface area (Å²) in [6.07, 6.45) is 5.28. The number of nitrogens with zero attached hydrogens (tertiary/aromatic N) is 2. The van der Waals surface area contributed by atoms with Crippen molar-refractivity contribution in [3.63, 3.8) is 0 Å². The fourth-order valence-corrected chi connectivity index (χ4v) is 3.32. The van der Waals surface area contributed by atoms with E-state index in [0.29, 0.717) is 0 Å². The molecule has 4 nitrogen and oxygen atoms in total. The average Bonchev–Trinajstić information content (AvgIpc) is 2.89. The van der Waals surface area contributed by atoms with E-state index >= 15 is 0 Å². The Kier molecular flexibility index (Phi) is 4.62. The summed E-state index contributed by atoms with van der Waals surface area (Å²) in [6.45, 7) is 8.43. The van der Waals surface area contributed by atoms with Crippen molar-refractivity contribution in [3.8, 4) is 0 Å². The molecular weight excluding hydrogens is 228 g/mol. The van der Waals surface area contributed by atoms with Crippen LogP contribution in [0.2, 0.25) is 0 Å². The molecule has 104 valence electrons. The van der Waals surface area contributed by atoms with E-state index in [1.807, 2.05) is 6.92 Å². The van der Waals surface area contributed by atoms with Gasteiger partial charge in [0.15, 0.2) is 0 Å². The first kappa shape index (κ1) is 13.8. The summed E-state index contributed by atoms with van der Waals surface area (Å²) in [6, 6.07) is 0. The molecule has 1 atom stereocenters. The van der Waals surface area contributed by atoms with Crippen LogP contribution in [0.4, 0.5) is 0 Å². The molecule has 0 spiro atoms. The summed E-state index contributed by atoms with van der Waals surface area (Å²) in [7, 11) is 0. The Morgan fingerprint density at radius 2 is 1.72 bits per heavy atom. The summed E-state index contributed by atoms with van der Waals surface area (Å²) >= 11 is 0. The zero-order chi connectivity index (χ0) is 13.0. The summed E-state index contributed by atoms with van der Waals surface area (Å²) in [5, 5.41) is 9.45.